The summed E-state index contributed by atoms with van der Waals surface area (Å²) in [6.07, 6.45) is 3.20. The summed E-state index contributed by atoms with van der Waals surface area (Å²) in [4.78, 5) is 32.3. The minimum Gasteiger partial charge on any atom is -0.507 e. The summed E-state index contributed by atoms with van der Waals surface area (Å²) < 4.78 is 27.2. The molecule has 1 aliphatic heterocycles. The average Bonchev–Trinajstić information content (AvgIpc) is 3.20. The minimum absolute atomic E-state index is 0.0882. The Labute approximate surface area is 220 Å². The molecule has 0 radical (unpaired) electrons. The Morgan fingerprint density at radius 1 is 0.842 bits per heavy atom. The third-order valence-electron chi connectivity index (χ3n) is 6.31. The Hall–Kier alpha value is -4.73. The van der Waals surface area contributed by atoms with Gasteiger partial charge in [-0.2, -0.15) is 0 Å². The molecule has 1 unspecified atom stereocenters. The normalized spacial score (nSPS) is 16.3. The quantitative estimate of drug-likeness (QED) is 0.256. The molecular formula is C28H28N2O8. The molecule has 1 N–H and O–H groups in total. The first-order valence-electron chi connectivity index (χ1n) is 11.6. The lowest BCUT2D eigenvalue weighted by Crippen LogP contribution is -2.29. The molecule has 0 spiro atoms. The van der Waals surface area contributed by atoms with Gasteiger partial charge in [0.25, 0.3) is 11.7 Å². The van der Waals surface area contributed by atoms with Crippen molar-refractivity contribution in [3.05, 3.63) is 77.1 Å². The minimum atomic E-state index is -0.983. The zero-order valence-electron chi connectivity index (χ0n) is 21.7. The molecule has 1 aromatic heterocycles. The van der Waals surface area contributed by atoms with Crippen molar-refractivity contribution in [3.8, 4) is 28.7 Å². The molecule has 0 bridgehead atoms. The molecule has 0 saturated carbocycles. The number of amides is 1. The van der Waals surface area contributed by atoms with E-state index >= 15 is 0 Å². The number of aromatic nitrogens is 1. The number of rotatable bonds is 9. The van der Waals surface area contributed by atoms with Crippen LogP contribution in [0.15, 0.2) is 60.4 Å². The SMILES string of the molecule is COc1ccc(/C(O)=C2\C(=O)C(=O)N(Cc3ccncc3)C2c2cc(OC)c(OC)c(OC)c2)c(OC)c1. The molecule has 3 aromatic rings. The molecule has 198 valence electrons. The van der Waals surface area contributed by atoms with E-state index < -0.39 is 17.7 Å². The van der Waals surface area contributed by atoms with Gasteiger partial charge in [-0.05, 0) is 47.5 Å². The number of ketones is 1. The predicted molar refractivity (Wildman–Crippen MR) is 138 cm³/mol. The van der Waals surface area contributed by atoms with E-state index in [0.29, 0.717) is 28.6 Å². The number of carbonyl (C=O) groups excluding carboxylic acids is 2. The summed E-state index contributed by atoms with van der Waals surface area (Å²) in [5, 5.41) is 11.5. The second kappa shape index (κ2) is 11.1. The van der Waals surface area contributed by atoms with E-state index in [9.17, 15) is 14.7 Å². The van der Waals surface area contributed by atoms with E-state index in [1.54, 1.807) is 54.9 Å². The van der Waals surface area contributed by atoms with Crippen LogP contribution in [0.25, 0.3) is 5.76 Å². The molecule has 1 saturated heterocycles. The Bertz CT molecular complexity index is 1360. The van der Waals surface area contributed by atoms with Gasteiger partial charge in [-0.15, -0.1) is 0 Å². The number of ether oxygens (including phenoxy) is 5. The Kier molecular flexibility index (Phi) is 7.71. The summed E-state index contributed by atoms with van der Waals surface area (Å²) in [5.74, 6) is -0.219. The van der Waals surface area contributed by atoms with Gasteiger partial charge in [0, 0.05) is 25.0 Å². The molecule has 10 nitrogen and oxygen atoms in total. The molecule has 1 aliphatic rings. The van der Waals surface area contributed by atoms with E-state index in [2.05, 4.69) is 4.98 Å². The van der Waals surface area contributed by atoms with Crippen molar-refractivity contribution in [2.75, 3.05) is 35.5 Å². The smallest absolute Gasteiger partial charge is 0.295 e. The molecular weight excluding hydrogens is 492 g/mol. The molecule has 2 aromatic carbocycles. The number of methoxy groups -OCH3 is 5. The number of aliphatic hydroxyl groups is 1. The van der Waals surface area contributed by atoms with Crippen LogP contribution in [0.5, 0.6) is 28.7 Å². The van der Waals surface area contributed by atoms with E-state index in [1.165, 1.54) is 40.4 Å². The van der Waals surface area contributed by atoms with Gasteiger partial charge in [0.15, 0.2) is 11.5 Å². The number of Topliss-reactive ketones (excluding diaryl/α,β-unsaturated/α-hetero) is 1. The van der Waals surface area contributed by atoms with Gasteiger partial charge in [0.1, 0.15) is 17.3 Å². The third kappa shape index (κ3) is 4.68. The fourth-order valence-electron chi connectivity index (χ4n) is 4.47. The molecule has 4 rings (SSSR count). The maximum absolute atomic E-state index is 13.5. The van der Waals surface area contributed by atoms with Gasteiger partial charge < -0.3 is 33.7 Å². The van der Waals surface area contributed by atoms with Crippen LogP contribution in [0.1, 0.15) is 22.7 Å². The maximum atomic E-state index is 13.5. The summed E-state index contributed by atoms with van der Waals surface area (Å²) in [6.45, 7) is 0.0882. The number of likely N-dealkylation sites (tertiary alicyclic amines) is 1. The number of hydrogen-bond acceptors (Lipinski definition) is 9. The van der Waals surface area contributed by atoms with Crippen molar-refractivity contribution < 1.29 is 38.4 Å². The molecule has 38 heavy (non-hydrogen) atoms. The van der Waals surface area contributed by atoms with Crippen LogP contribution in [-0.4, -0.2) is 62.2 Å². The zero-order chi connectivity index (χ0) is 27.4. The molecule has 1 amide bonds. The van der Waals surface area contributed by atoms with Crippen LogP contribution in [0, 0.1) is 0 Å². The van der Waals surface area contributed by atoms with Crippen molar-refractivity contribution in [1.29, 1.82) is 0 Å². The van der Waals surface area contributed by atoms with Gasteiger partial charge in [0.05, 0.1) is 52.7 Å². The molecule has 1 fully saturated rings. The van der Waals surface area contributed by atoms with Crippen molar-refractivity contribution in [1.82, 2.24) is 9.88 Å². The van der Waals surface area contributed by atoms with Crippen LogP contribution in [0.2, 0.25) is 0 Å². The highest BCUT2D eigenvalue weighted by atomic mass is 16.5. The number of hydrogen-bond donors (Lipinski definition) is 1. The highest BCUT2D eigenvalue weighted by Crippen LogP contribution is 2.47. The van der Waals surface area contributed by atoms with Crippen molar-refractivity contribution in [2.45, 2.75) is 12.6 Å². The Morgan fingerprint density at radius 2 is 1.47 bits per heavy atom. The van der Waals surface area contributed by atoms with E-state index in [1.807, 2.05) is 0 Å². The van der Waals surface area contributed by atoms with E-state index in [0.717, 1.165) is 5.56 Å². The molecule has 0 aliphatic carbocycles. The number of pyridine rings is 1. The lowest BCUT2D eigenvalue weighted by atomic mass is 9.94. The lowest BCUT2D eigenvalue weighted by molar-refractivity contribution is -0.140. The van der Waals surface area contributed by atoms with Crippen LogP contribution in [0.3, 0.4) is 0 Å². The first kappa shape index (κ1) is 26.3. The predicted octanol–water partition coefficient (Wildman–Crippen LogP) is 3.75. The number of nitrogens with zero attached hydrogens (tertiary/aromatic N) is 2. The topological polar surface area (TPSA) is 117 Å². The summed E-state index contributed by atoms with van der Waals surface area (Å²) in [7, 11) is 7.35. The average molecular weight is 521 g/mol. The highest BCUT2D eigenvalue weighted by Gasteiger charge is 2.47. The highest BCUT2D eigenvalue weighted by molar-refractivity contribution is 6.46. The van der Waals surface area contributed by atoms with Crippen LogP contribution >= 0.6 is 0 Å². The summed E-state index contributed by atoms with van der Waals surface area (Å²) >= 11 is 0. The van der Waals surface area contributed by atoms with E-state index in [4.69, 9.17) is 23.7 Å². The molecule has 2 heterocycles. The lowest BCUT2D eigenvalue weighted by Gasteiger charge is -2.26. The third-order valence-corrected chi connectivity index (χ3v) is 6.31. The van der Waals surface area contributed by atoms with Crippen LogP contribution in [-0.2, 0) is 16.1 Å². The van der Waals surface area contributed by atoms with Crippen molar-refractivity contribution in [2.24, 2.45) is 0 Å². The largest absolute Gasteiger partial charge is 0.507 e. The summed E-state index contributed by atoms with van der Waals surface area (Å²) in [6, 6.07) is 10.6. The van der Waals surface area contributed by atoms with Crippen molar-refractivity contribution in [3.63, 3.8) is 0 Å². The van der Waals surface area contributed by atoms with Crippen LogP contribution < -0.4 is 23.7 Å². The van der Waals surface area contributed by atoms with E-state index in [-0.39, 0.29) is 29.2 Å². The van der Waals surface area contributed by atoms with Gasteiger partial charge in [0.2, 0.25) is 5.75 Å². The van der Waals surface area contributed by atoms with Gasteiger partial charge in [-0.25, -0.2) is 0 Å². The first-order chi connectivity index (χ1) is 18.4. The molecule has 1 atom stereocenters. The van der Waals surface area contributed by atoms with Crippen LogP contribution in [0.4, 0.5) is 0 Å². The second-order valence-corrected chi connectivity index (χ2v) is 8.31. The van der Waals surface area contributed by atoms with Gasteiger partial charge in [-0.3, -0.25) is 14.6 Å². The number of carbonyl (C=O) groups is 2. The second-order valence-electron chi connectivity index (χ2n) is 8.31. The van der Waals surface area contributed by atoms with Gasteiger partial charge >= 0.3 is 0 Å². The fourth-order valence-corrected chi connectivity index (χ4v) is 4.47. The standard InChI is InChI=1S/C28H28N2O8/c1-34-18-6-7-19(20(14-18)35-2)25(31)23-24(17-12-21(36-3)27(38-5)22(13-17)37-4)30(28(33)26(23)32)15-16-8-10-29-11-9-16/h6-14,24,31H,15H2,1-5H3/b25-23+. The fraction of sp³-hybridized carbons (Fsp3) is 0.250. The first-order valence-corrected chi connectivity index (χ1v) is 11.6. The maximum Gasteiger partial charge on any atom is 0.295 e. The van der Waals surface area contributed by atoms with Crippen molar-refractivity contribution >= 4 is 17.4 Å². The zero-order valence-corrected chi connectivity index (χ0v) is 21.7. The number of benzene rings is 2. The van der Waals surface area contributed by atoms with Gasteiger partial charge in [-0.1, -0.05) is 0 Å². The Balaban J connectivity index is 1.97. The monoisotopic (exact) mass is 520 g/mol. The molecule has 10 heteroatoms. The Morgan fingerprint density at radius 3 is 2.03 bits per heavy atom. The number of aliphatic hydroxyl groups excluding tert-OH is 1. The summed E-state index contributed by atoms with van der Waals surface area (Å²) in [5.41, 5.74) is 1.34.